The van der Waals surface area contributed by atoms with Gasteiger partial charge in [-0.3, -0.25) is 5.41 Å². The number of hydrogen-bond acceptors (Lipinski definition) is 4. The normalized spacial score (nSPS) is 12.2. The molecule has 0 aromatic carbocycles. The van der Waals surface area contributed by atoms with Crippen LogP contribution in [0.5, 0.6) is 0 Å². The third-order valence-electron chi connectivity index (χ3n) is 2.20. The summed E-state index contributed by atoms with van der Waals surface area (Å²) in [7, 11) is 1.82. The van der Waals surface area contributed by atoms with E-state index in [2.05, 4.69) is 4.98 Å². The van der Waals surface area contributed by atoms with E-state index in [0.717, 1.165) is 5.69 Å². The Kier molecular flexibility index (Phi) is 3.84. The molecule has 0 radical (unpaired) electrons. The number of anilines is 1. The minimum Gasteiger partial charge on any atom is -0.392 e. The molecule has 1 aromatic heterocycles. The van der Waals surface area contributed by atoms with Gasteiger partial charge in [0.15, 0.2) is 0 Å². The third kappa shape index (κ3) is 2.93. The maximum Gasteiger partial charge on any atom is 0.139 e. The van der Waals surface area contributed by atoms with Crippen LogP contribution in [-0.2, 0) is 0 Å². The van der Waals surface area contributed by atoms with Crippen molar-refractivity contribution in [2.45, 2.75) is 20.0 Å². The van der Waals surface area contributed by atoms with Gasteiger partial charge in [0.1, 0.15) is 11.7 Å². The predicted octanol–water partition coefficient (Wildman–Crippen LogP) is 0.491. The molecule has 0 fully saturated rings. The molecule has 1 atom stereocenters. The van der Waals surface area contributed by atoms with Crippen molar-refractivity contribution in [2.24, 2.45) is 5.73 Å². The van der Waals surface area contributed by atoms with Crippen LogP contribution < -0.4 is 10.6 Å². The van der Waals surface area contributed by atoms with Crippen LogP contribution in [0.1, 0.15) is 18.2 Å². The Hall–Kier alpha value is -1.62. The molecule has 0 spiro atoms. The second-order valence-electron chi connectivity index (χ2n) is 3.97. The Morgan fingerprint density at radius 1 is 1.62 bits per heavy atom. The zero-order valence-electron chi connectivity index (χ0n) is 9.86. The van der Waals surface area contributed by atoms with E-state index < -0.39 is 6.10 Å². The summed E-state index contributed by atoms with van der Waals surface area (Å²) in [5.74, 6) is 0.619. The number of amidine groups is 1. The highest BCUT2D eigenvalue weighted by Gasteiger charge is 2.13. The van der Waals surface area contributed by atoms with E-state index in [-0.39, 0.29) is 5.84 Å². The lowest BCUT2D eigenvalue weighted by Gasteiger charge is -2.22. The molecule has 1 heterocycles. The highest BCUT2D eigenvalue weighted by atomic mass is 16.3. The molecule has 4 N–H and O–H groups in total. The number of nitrogens with one attached hydrogen (secondary N) is 1. The number of likely N-dealkylation sites (N-methyl/N-ethyl adjacent to an activating group) is 1. The molecular weight excluding hydrogens is 204 g/mol. The first-order chi connectivity index (χ1) is 7.41. The Bertz CT molecular complexity index is 390. The van der Waals surface area contributed by atoms with Gasteiger partial charge in [0.05, 0.1) is 11.7 Å². The van der Waals surface area contributed by atoms with E-state index in [9.17, 15) is 5.11 Å². The lowest BCUT2D eigenvalue weighted by molar-refractivity contribution is 0.201. The fourth-order valence-electron chi connectivity index (χ4n) is 1.53. The smallest absolute Gasteiger partial charge is 0.139 e. The number of nitrogens with zero attached hydrogens (tertiary/aromatic N) is 2. The molecule has 0 aliphatic rings. The van der Waals surface area contributed by atoms with Crippen molar-refractivity contribution in [3.63, 3.8) is 0 Å². The van der Waals surface area contributed by atoms with E-state index >= 15 is 0 Å². The summed E-state index contributed by atoms with van der Waals surface area (Å²) < 4.78 is 0. The Morgan fingerprint density at radius 2 is 2.25 bits per heavy atom. The first-order valence-electron chi connectivity index (χ1n) is 5.13. The highest BCUT2D eigenvalue weighted by Crippen LogP contribution is 2.17. The van der Waals surface area contributed by atoms with Crippen LogP contribution in [0.15, 0.2) is 12.1 Å². The van der Waals surface area contributed by atoms with Crippen LogP contribution in [0.2, 0.25) is 0 Å². The molecule has 0 bridgehead atoms. The van der Waals surface area contributed by atoms with E-state index in [4.69, 9.17) is 11.1 Å². The average Bonchev–Trinajstić information content (AvgIpc) is 2.15. The molecule has 1 aromatic rings. The topological polar surface area (TPSA) is 86.2 Å². The standard InChI is InChI=1S/C11H18N4O/c1-7-4-5-9(10(12)13)11(14-7)15(3)6-8(2)16/h4-5,8,16H,6H2,1-3H3,(H3,12,13). The maximum atomic E-state index is 9.33. The number of aromatic nitrogens is 1. The van der Waals surface area contributed by atoms with Crippen molar-refractivity contribution in [1.29, 1.82) is 5.41 Å². The van der Waals surface area contributed by atoms with Crippen LogP contribution in [-0.4, -0.2) is 35.6 Å². The van der Waals surface area contributed by atoms with Crippen molar-refractivity contribution >= 4 is 11.7 Å². The lowest BCUT2D eigenvalue weighted by atomic mass is 10.2. The predicted molar refractivity (Wildman–Crippen MR) is 64.9 cm³/mol. The summed E-state index contributed by atoms with van der Waals surface area (Å²) >= 11 is 0. The lowest BCUT2D eigenvalue weighted by Crippen LogP contribution is -2.30. The molecule has 88 valence electrons. The number of pyridine rings is 1. The molecule has 0 amide bonds. The number of nitrogens with two attached hydrogens (primary N) is 1. The number of nitrogen functional groups attached to an aromatic ring is 1. The largest absolute Gasteiger partial charge is 0.392 e. The number of aliphatic hydroxyl groups is 1. The minimum absolute atomic E-state index is 0.0139. The molecular formula is C11H18N4O. The van der Waals surface area contributed by atoms with Crippen LogP contribution in [0.3, 0.4) is 0 Å². The van der Waals surface area contributed by atoms with Gasteiger partial charge in [-0.25, -0.2) is 4.98 Å². The summed E-state index contributed by atoms with van der Waals surface area (Å²) in [6.07, 6.45) is -0.452. The molecule has 0 aliphatic carbocycles. The van der Waals surface area contributed by atoms with Crippen LogP contribution >= 0.6 is 0 Å². The van der Waals surface area contributed by atoms with E-state index in [1.807, 2.05) is 20.0 Å². The molecule has 0 aliphatic heterocycles. The quantitative estimate of drug-likeness (QED) is 0.511. The summed E-state index contributed by atoms with van der Waals surface area (Å²) in [6.45, 7) is 4.04. The first-order valence-corrected chi connectivity index (χ1v) is 5.13. The highest BCUT2D eigenvalue weighted by molar-refractivity contribution is 5.99. The van der Waals surface area contributed by atoms with Gasteiger partial charge in [0.25, 0.3) is 0 Å². The summed E-state index contributed by atoms with van der Waals surface area (Å²) in [5.41, 5.74) is 6.94. The molecule has 16 heavy (non-hydrogen) atoms. The second kappa shape index (κ2) is 4.94. The van der Waals surface area contributed by atoms with Gasteiger partial charge in [-0.15, -0.1) is 0 Å². The second-order valence-corrected chi connectivity index (χ2v) is 3.97. The first kappa shape index (κ1) is 12.4. The zero-order chi connectivity index (χ0) is 12.3. The van der Waals surface area contributed by atoms with Crippen molar-refractivity contribution in [2.75, 3.05) is 18.5 Å². The van der Waals surface area contributed by atoms with Gasteiger partial charge >= 0.3 is 0 Å². The molecule has 0 saturated carbocycles. The van der Waals surface area contributed by atoms with Gasteiger partial charge in [-0.05, 0) is 26.0 Å². The van der Waals surface area contributed by atoms with Crippen molar-refractivity contribution in [3.05, 3.63) is 23.4 Å². The van der Waals surface area contributed by atoms with E-state index in [1.165, 1.54) is 0 Å². The molecule has 0 saturated heterocycles. The van der Waals surface area contributed by atoms with Gasteiger partial charge in [0, 0.05) is 19.3 Å². The maximum absolute atomic E-state index is 9.33. The van der Waals surface area contributed by atoms with Crippen LogP contribution in [0.25, 0.3) is 0 Å². The number of hydrogen-bond donors (Lipinski definition) is 3. The SMILES string of the molecule is Cc1ccc(C(=N)N)c(N(C)CC(C)O)n1. The molecule has 1 unspecified atom stereocenters. The Balaban J connectivity index is 3.09. The Morgan fingerprint density at radius 3 is 2.75 bits per heavy atom. The number of aliphatic hydroxyl groups excluding tert-OH is 1. The summed E-state index contributed by atoms with van der Waals surface area (Å²) in [6, 6.07) is 3.59. The van der Waals surface area contributed by atoms with Crippen molar-refractivity contribution in [1.82, 2.24) is 4.98 Å². The monoisotopic (exact) mass is 222 g/mol. The minimum atomic E-state index is -0.452. The number of aryl methyl sites for hydroxylation is 1. The van der Waals surface area contributed by atoms with E-state index in [1.54, 1.807) is 17.9 Å². The molecule has 5 heteroatoms. The zero-order valence-corrected chi connectivity index (χ0v) is 9.86. The van der Waals surface area contributed by atoms with Crippen LogP contribution in [0.4, 0.5) is 5.82 Å². The fraction of sp³-hybridized carbons (Fsp3) is 0.455. The van der Waals surface area contributed by atoms with Crippen molar-refractivity contribution in [3.8, 4) is 0 Å². The molecule has 5 nitrogen and oxygen atoms in total. The molecule has 1 rings (SSSR count). The Labute approximate surface area is 95.4 Å². The van der Waals surface area contributed by atoms with Gasteiger partial charge in [-0.1, -0.05) is 0 Å². The fourth-order valence-corrected chi connectivity index (χ4v) is 1.53. The van der Waals surface area contributed by atoms with Crippen LogP contribution in [0, 0.1) is 12.3 Å². The van der Waals surface area contributed by atoms with Gasteiger partial charge < -0.3 is 15.7 Å². The summed E-state index contributed by atoms with van der Waals surface area (Å²) in [4.78, 5) is 6.14. The van der Waals surface area contributed by atoms with Crippen molar-refractivity contribution < 1.29 is 5.11 Å². The number of rotatable bonds is 4. The summed E-state index contributed by atoms with van der Waals surface area (Å²) in [5, 5.41) is 16.8. The van der Waals surface area contributed by atoms with Gasteiger partial charge in [0.2, 0.25) is 0 Å². The van der Waals surface area contributed by atoms with E-state index in [0.29, 0.717) is 17.9 Å². The van der Waals surface area contributed by atoms with Gasteiger partial charge in [-0.2, -0.15) is 0 Å². The third-order valence-corrected chi connectivity index (χ3v) is 2.20. The average molecular weight is 222 g/mol.